The predicted molar refractivity (Wildman–Crippen MR) is 150 cm³/mol. The number of hydrogen-bond acceptors (Lipinski definition) is 9. The molecule has 39 heavy (non-hydrogen) atoms. The lowest BCUT2D eigenvalue weighted by Crippen LogP contribution is -2.30. The highest BCUT2D eigenvalue weighted by atomic mass is 32.2. The molecule has 0 radical (unpaired) electrons. The van der Waals surface area contributed by atoms with Crippen LogP contribution in [-0.2, 0) is 32.4 Å². The van der Waals surface area contributed by atoms with Crippen LogP contribution in [0.15, 0.2) is 45.8 Å². The van der Waals surface area contributed by atoms with Gasteiger partial charge in [0.1, 0.15) is 5.60 Å². The number of ether oxygens (including phenoxy) is 1. The molecule has 1 saturated carbocycles. The lowest BCUT2D eigenvalue weighted by atomic mass is 9.81. The first-order valence-electron chi connectivity index (χ1n) is 13.0. The molecule has 0 aliphatic heterocycles. The molecule has 11 heteroatoms. The van der Waals surface area contributed by atoms with Gasteiger partial charge in [-0.2, -0.15) is 4.98 Å². The van der Waals surface area contributed by atoms with E-state index >= 15 is 0 Å². The van der Waals surface area contributed by atoms with Gasteiger partial charge < -0.3 is 9.26 Å². The molecule has 2 aromatic heterocycles. The Balaban J connectivity index is 1.58. The first kappa shape index (κ1) is 27.4. The minimum atomic E-state index is -3.69. The van der Waals surface area contributed by atoms with Gasteiger partial charge in [-0.1, -0.05) is 54.8 Å². The Morgan fingerprint density at radius 1 is 1.15 bits per heavy atom. The molecule has 2 aromatic carbocycles. The van der Waals surface area contributed by atoms with Gasteiger partial charge in [-0.25, -0.2) is 18.1 Å². The van der Waals surface area contributed by atoms with Gasteiger partial charge in [0.25, 0.3) is 6.47 Å². The van der Waals surface area contributed by atoms with E-state index in [1.165, 1.54) is 30.6 Å². The summed E-state index contributed by atoms with van der Waals surface area (Å²) in [6.45, 7) is 7.57. The fraction of sp³-hybridized carbons (Fsp3) is 0.429. The summed E-state index contributed by atoms with van der Waals surface area (Å²) in [5.74, 6) is 1.30. The first-order valence-corrected chi connectivity index (χ1v) is 15.3. The highest BCUT2D eigenvalue weighted by Gasteiger charge is 2.28. The van der Waals surface area contributed by atoms with E-state index in [1.54, 1.807) is 33.8 Å². The lowest BCUT2D eigenvalue weighted by Gasteiger charge is -2.24. The van der Waals surface area contributed by atoms with Crippen LogP contribution in [0.5, 0.6) is 0 Å². The quantitative estimate of drug-likeness (QED) is 0.234. The van der Waals surface area contributed by atoms with Crippen molar-refractivity contribution in [3.63, 3.8) is 0 Å². The zero-order chi connectivity index (χ0) is 27.8. The maximum absolute atomic E-state index is 13.1. The molecule has 1 aliphatic rings. The number of sulfonamides is 1. The summed E-state index contributed by atoms with van der Waals surface area (Å²) in [6, 6.07) is 10.9. The van der Waals surface area contributed by atoms with E-state index in [2.05, 4.69) is 14.9 Å². The summed E-state index contributed by atoms with van der Waals surface area (Å²) >= 11 is 1.47. The highest BCUT2D eigenvalue weighted by molar-refractivity contribution is 7.89. The van der Waals surface area contributed by atoms with Crippen molar-refractivity contribution < 1.29 is 22.5 Å². The van der Waals surface area contributed by atoms with Gasteiger partial charge in [-0.15, -0.1) is 11.3 Å². The Hall–Kier alpha value is -3.15. The largest absolute Gasteiger partial charge is 0.461 e. The van der Waals surface area contributed by atoms with Crippen LogP contribution >= 0.6 is 11.3 Å². The Labute approximate surface area is 232 Å². The summed E-state index contributed by atoms with van der Waals surface area (Å²) < 4.78 is 39.5. The van der Waals surface area contributed by atoms with Crippen molar-refractivity contribution in [2.45, 2.75) is 76.3 Å². The number of carbonyl (C=O) groups excluding carboxylic acids is 1. The van der Waals surface area contributed by atoms with Crippen LogP contribution in [0.3, 0.4) is 0 Å². The van der Waals surface area contributed by atoms with Crippen LogP contribution < -0.4 is 4.72 Å². The number of nitrogens with zero attached hydrogens (tertiary/aromatic N) is 3. The van der Waals surface area contributed by atoms with Crippen molar-refractivity contribution in [2.75, 3.05) is 0 Å². The summed E-state index contributed by atoms with van der Waals surface area (Å²) in [4.78, 5) is 21.5. The van der Waals surface area contributed by atoms with Crippen molar-refractivity contribution in [1.29, 1.82) is 0 Å². The minimum Gasteiger partial charge on any atom is -0.461 e. The van der Waals surface area contributed by atoms with Crippen LogP contribution in [0.4, 0.5) is 0 Å². The number of hydrogen-bond donors (Lipinski definition) is 1. The average molecular weight is 569 g/mol. The fourth-order valence-electron chi connectivity index (χ4n) is 4.79. The van der Waals surface area contributed by atoms with E-state index in [1.807, 2.05) is 30.3 Å². The summed E-state index contributed by atoms with van der Waals surface area (Å²) in [5, 5.41) is 6.29. The maximum Gasteiger partial charge on any atom is 0.293 e. The standard InChI is InChI=1S/C28H32N4O5S2/c1-17(2)32-39(34,35)23-13-12-21(19-10-5-6-11-20(19)23)25-22(14-18-8-7-9-18)29-27(38-25)26-30-24(37-31-26)15-28(3,4)36-16-33/h5-6,10-13,16-18,32H,7-9,14-15H2,1-4H3. The van der Waals surface area contributed by atoms with Gasteiger partial charge in [0.05, 0.1) is 21.9 Å². The van der Waals surface area contributed by atoms with Gasteiger partial charge in [-0.05, 0) is 51.5 Å². The van der Waals surface area contributed by atoms with Gasteiger partial charge in [0, 0.05) is 17.0 Å². The van der Waals surface area contributed by atoms with Crippen molar-refractivity contribution in [3.05, 3.63) is 48.0 Å². The molecule has 0 amide bonds. The molecule has 0 atom stereocenters. The molecule has 0 bridgehead atoms. The molecular weight excluding hydrogens is 536 g/mol. The number of thiazole rings is 1. The van der Waals surface area contributed by atoms with Crippen LogP contribution in [0, 0.1) is 5.92 Å². The number of benzene rings is 2. The number of nitrogens with one attached hydrogen (secondary N) is 1. The molecule has 9 nitrogen and oxygen atoms in total. The molecular formula is C28H32N4O5S2. The molecule has 5 rings (SSSR count). The molecule has 1 N–H and O–H groups in total. The summed E-state index contributed by atoms with van der Waals surface area (Å²) in [5.41, 5.74) is 1.11. The van der Waals surface area contributed by atoms with E-state index in [9.17, 15) is 13.2 Å². The topological polar surface area (TPSA) is 124 Å². The Morgan fingerprint density at radius 2 is 1.90 bits per heavy atom. The van der Waals surface area contributed by atoms with E-state index in [0.717, 1.165) is 27.9 Å². The third-order valence-corrected chi connectivity index (χ3v) is 9.66. The molecule has 2 heterocycles. The fourth-order valence-corrected chi connectivity index (χ4v) is 7.31. The van der Waals surface area contributed by atoms with Crippen molar-refractivity contribution in [3.8, 4) is 21.3 Å². The third-order valence-electron chi connectivity index (χ3n) is 6.82. The predicted octanol–water partition coefficient (Wildman–Crippen LogP) is 5.54. The molecule has 1 fully saturated rings. The SMILES string of the molecule is CC(C)NS(=O)(=O)c1ccc(-c2sc(-c3noc(CC(C)(C)OC=O)n3)nc2CC2CCC2)c2ccccc12. The van der Waals surface area contributed by atoms with Gasteiger partial charge in [0.15, 0.2) is 5.01 Å². The van der Waals surface area contributed by atoms with Gasteiger partial charge >= 0.3 is 0 Å². The summed E-state index contributed by atoms with van der Waals surface area (Å²) in [6.07, 6.45) is 4.67. The maximum atomic E-state index is 13.1. The second kappa shape index (κ2) is 10.8. The van der Waals surface area contributed by atoms with E-state index in [4.69, 9.17) is 14.2 Å². The average Bonchev–Trinajstić information content (AvgIpc) is 3.46. The normalized spacial score (nSPS) is 14.6. The summed E-state index contributed by atoms with van der Waals surface area (Å²) in [7, 11) is -3.69. The number of carbonyl (C=O) groups is 1. The highest BCUT2D eigenvalue weighted by Crippen LogP contribution is 2.42. The minimum absolute atomic E-state index is 0.220. The molecule has 1 aliphatic carbocycles. The smallest absolute Gasteiger partial charge is 0.293 e. The van der Waals surface area contributed by atoms with Crippen molar-refractivity contribution in [2.24, 2.45) is 5.92 Å². The number of aromatic nitrogens is 3. The second-order valence-electron chi connectivity index (χ2n) is 10.9. The van der Waals surface area contributed by atoms with Crippen LogP contribution in [-0.4, -0.2) is 41.7 Å². The third kappa shape index (κ3) is 5.90. The zero-order valence-corrected chi connectivity index (χ0v) is 24.1. The first-order chi connectivity index (χ1) is 18.6. The molecule has 0 unspecified atom stereocenters. The Bertz CT molecular complexity index is 1600. The van der Waals surface area contributed by atoms with E-state index < -0.39 is 15.6 Å². The molecule has 0 saturated heterocycles. The zero-order valence-electron chi connectivity index (χ0n) is 22.4. The molecule has 4 aromatic rings. The van der Waals surface area contributed by atoms with Gasteiger partial charge in [-0.3, -0.25) is 4.79 Å². The van der Waals surface area contributed by atoms with Crippen LogP contribution in [0.25, 0.3) is 32.0 Å². The second-order valence-corrected chi connectivity index (χ2v) is 13.6. The van der Waals surface area contributed by atoms with E-state index in [0.29, 0.717) is 34.5 Å². The van der Waals surface area contributed by atoms with E-state index in [-0.39, 0.29) is 17.4 Å². The van der Waals surface area contributed by atoms with Crippen LogP contribution in [0.1, 0.15) is 58.5 Å². The Kier molecular flexibility index (Phi) is 7.58. The van der Waals surface area contributed by atoms with Crippen molar-refractivity contribution in [1.82, 2.24) is 19.8 Å². The number of fused-ring (bicyclic) bond motifs is 1. The molecule has 0 spiro atoms. The lowest BCUT2D eigenvalue weighted by molar-refractivity contribution is -0.140. The number of rotatable bonds is 11. The molecule has 206 valence electrons. The van der Waals surface area contributed by atoms with Crippen molar-refractivity contribution >= 4 is 38.6 Å². The monoisotopic (exact) mass is 568 g/mol. The van der Waals surface area contributed by atoms with Crippen LogP contribution in [0.2, 0.25) is 0 Å². The van der Waals surface area contributed by atoms with Gasteiger partial charge in [0.2, 0.25) is 21.7 Å². The Morgan fingerprint density at radius 3 is 2.56 bits per heavy atom.